The lowest BCUT2D eigenvalue weighted by atomic mass is 10.1. The molecule has 0 fully saturated rings. The third-order valence-corrected chi connectivity index (χ3v) is 3.39. The standard InChI is InChI=1S/C14H22BrNO/c1-10(2)6-13(17)9-16-8-12-5-4-11(3)7-14(12)15/h4-5,7,10,13,16-17H,6,8-9H2,1-3H3. The molecule has 1 rings (SSSR count). The van der Waals surface area contributed by atoms with E-state index < -0.39 is 0 Å². The molecule has 1 aromatic carbocycles. The minimum Gasteiger partial charge on any atom is -0.392 e. The quantitative estimate of drug-likeness (QED) is 0.845. The molecule has 1 aromatic rings. The Morgan fingerprint density at radius 3 is 2.65 bits per heavy atom. The van der Waals surface area contributed by atoms with Crippen LogP contribution in [-0.2, 0) is 6.54 Å². The summed E-state index contributed by atoms with van der Waals surface area (Å²) in [5.41, 5.74) is 2.48. The zero-order valence-electron chi connectivity index (χ0n) is 10.8. The van der Waals surface area contributed by atoms with E-state index >= 15 is 0 Å². The summed E-state index contributed by atoms with van der Waals surface area (Å²) in [6.07, 6.45) is 0.599. The molecule has 2 nitrogen and oxygen atoms in total. The van der Waals surface area contributed by atoms with Gasteiger partial charge in [-0.2, -0.15) is 0 Å². The highest BCUT2D eigenvalue weighted by Gasteiger charge is 2.06. The van der Waals surface area contributed by atoms with E-state index in [9.17, 15) is 5.11 Å². The van der Waals surface area contributed by atoms with E-state index in [0.717, 1.165) is 17.4 Å². The Labute approximate surface area is 113 Å². The SMILES string of the molecule is Cc1ccc(CNCC(O)CC(C)C)c(Br)c1. The Morgan fingerprint density at radius 2 is 2.06 bits per heavy atom. The van der Waals surface area contributed by atoms with Crippen LogP contribution in [0.25, 0.3) is 0 Å². The van der Waals surface area contributed by atoms with Crippen LogP contribution < -0.4 is 5.32 Å². The van der Waals surface area contributed by atoms with Crippen molar-refractivity contribution in [3.05, 3.63) is 33.8 Å². The largest absolute Gasteiger partial charge is 0.392 e. The first kappa shape index (κ1) is 14.7. The molecule has 2 N–H and O–H groups in total. The van der Waals surface area contributed by atoms with Crippen LogP contribution in [-0.4, -0.2) is 17.8 Å². The predicted molar refractivity (Wildman–Crippen MR) is 76.0 cm³/mol. The van der Waals surface area contributed by atoms with Gasteiger partial charge in [-0.1, -0.05) is 41.9 Å². The Morgan fingerprint density at radius 1 is 1.35 bits per heavy atom. The van der Waals surface area contributed by atoms with Crippen LogP contribution in [0.4, 0.5) is 0 Å². The van der Waals surface area contributed by atoms with Gasteiger partial charge in [0.1, 0.15) is 0 Å². The van der Waals surface area contributed by atoms with Gasteiger partial charge in [0.05, 0.1) is 6.10 Å². The summed E-state index contributed by atoms with van der Waals surface area (Å²) < 4.78 is 1.13. The number of hydrogen-bond donors (Lipinski definition) is 2. The lowest BCUT2D eigenvalue weighted by Gasteiger charge is -2.14. The highest BCUT2D eigenvalue weighted by molar-refractivity contribution is 9.10. The van der Waals surface area contributed by atoms with Gasteiger partial charge in [-0.15, -0.1) is 0 Å². The first-order valence-electron chi connectivity index (χ1n) is 6.13. The Balaban J connectivity index is 2.35. The van der Waals surface area contributed by atoms with E-state index in [1.807, 2.05) is 0 Å². The summed E-state index contributed by atoms with van der Waals surface area (Å²) in [5.74, 6) is 0.540. The lowest BCUT2D eigenvalue weighted by molar-refractivity contribution is 0.146. The molecule has 0 aliphatic carbocycles. The molecule has 0 amide bonds. The molecule has 0 aliphatic rings. The van der Waals surface area contributed by atoms with Crippen molar-refractivity contribution in [2.45, 2.75) is 39.8 Å². The summed E-state index contributed by atoms with van der Waals surface area (Å²) in [4.78, 5) is 0. The highest BCUT2D eigenvalue weighted by Crippen LogP contribution is 2.18. The summed E-state index contributed by atoms with van der Waals surface area (Å²) in [7, 11) is 0. The fourth-order valence-corrected chi connectivity index (χ4v) is 2.43. The van der Waals surface area contributed by atoms with Crippen LogP contribution in [0.1, 0.15) is 31.4 Å². The maximum absolute atomic E-state index is 9.74. The molecule has 1 atom stereocenters. The molecule has 0 spiro atoms. The number of aliphatic hydroxyl groups excluding tert-OH is 1. The van der Waals surface area contributed by atoms with Crippen molar-refractivity contribution < 1.29 is 5.11 Å². The van der Waals surface area contributed by atoms with Crippen molar-refractivity contribution in [2.24, 2.45) is 5.92 Å². The van der Waals surface area contributed by atoms with Crippen molar-refractivity contribution >= 4 is 15.9 Å². The number of aliphatic hydroxyl groups is 1. The van der Waals surface area contributed by atoms with Gasteiger partial charge in [-0.05, 0) is 36.5 Å². The number of nitrogens with one attached hydrogen (secondary N) is 1. The van der Waals surface area contributed by atoms with E-state index in [1.54, 1.807) is 0 Å². The number of rotatable bonds is 6. The second-order valence-corrected chi connectivity index (χ2v) is 5.86. The lowest BCUT2D eigenvalue weighted by Crippen LogP contribution is -2.27. The normalized spacial score (nSPS) is 13.1. The van der Waals surface area contributed by atoms with E-state index in [-0.39, 0.29) is 6.10 Å². The molecule has 0 radical (unpaired) electrons. The first-order valence-corrected chi connectivity index (χ1v) is 6.92. The minimum absolute atomic E-state index is 0.251. The van der Waals surface area contributed by atoms with Crippen LogP contribution in [0, 0.1) is 12.8 Å². The summed E-state index contributed by atoms with van der Waals surface area (Å²) in [6, 6.07) is 6.33. The predicted octanol–water partition coefficient (Wildman–Crippen LogP) is 3.25. The van der Waals surface area contributed by atoms with Crippen molar-refractivity contribution in [3.63, 3.8) is 0 Å². The third-order valence-electron chi connectivity index (χ3n) is 2.65. The topological polar surface area (TPSA) is 32.3 Å². The Bertz CT molecular complexity index is 352. The second-order valence-electron chi connectivity index (χ2n) is 5.01. The summed E-state index contributed by atoms with van der Waals surface area (Å²) >= 11 is 3.55. The number of halogens is 1. The van der Waals surface area contributed by atoms with Crippen LogP contribution in [0.5, 0.6) is 0 Å². The molecule has 96 valence electrons. The van der Waals surface area contributed by atoms with E-state index in [0.29, 0.717) is 12.5 Å². The summed E-state index contributed by atoms with van der Waals surface area (Å²) in [5, 5.41) is 13.0. The Hall–Kier alpha value is -0.380. The molecule has 0 aliphatic heterocycles. The van der Waals surface area contributed by atoms with Gasteiger partial charge in [0, 0.05) is 17.6 Å². The fourth-order valence-electron chi connectivity index (χ4n) is 1.80. The van der Waals surface area contributed by atoms with Gasteiger partial charge in [0.15, 0.2) is 0 Å². The Kier molecular flexibility index (Phi) is 6.17. The van der Waals surface area contributed by atoms with Crippen LogP contribution >= 0.6 is 15.9 Å². The molecule has 0 saturated heterocycles. The van der Waals surface area contributed by atoms with Gasteiger partial charge in [0.25, 0.3) is 0 Å². The average molecular weight is 300 g/mol. The van der Waals surface area contributed by atoms with E-state index in [2.05, 4.69) is 60.2 Å². The molecule has 3 heteroatoms. The smallest absolute Gasteiger partial charge is 0.0667 e. The van der Waals surface area contributed by atoms with Gasteiger partial charge in [0.2, 0.25) is 0 Å². The summed E-state index contributed by atoms with van der Waals surface area (Å²) in [6.45, 7) is 7.77. The van der Waals surface area contributed by atoms with Gasteiger partial charge in [-0.25, -0.2) is 0 Å². The molecule has 0 aromatic heterocycles. The van der Waals surface area contributed by atoms with Crippen molar-refractivity contribution in [2.75, 3.05) is 6.54 Å². The molecular formula is C14H22BrNO. The van der Waals surface area contributed by atoms with Crippen molar-refractivity contribution in [3.8, 4) is 0 Å². The van der Waals surface area contributed by atoms with Gasteiger partial charge >= 0.3 is 0 Å². The molecule has 0 bridgehead atoms. The second kappa shape index (κ2) is 7.14. The van der Waals surface area contributed by atoms with Gasteiger partial charge in [-0.3, -0.25) is 0 Å². The molecule has 0 heterocycles. The van der Waals surface area contributed by atoms with Gasteiger partial charge < -0.3 is 10.4 Å². The van der Waals surface area contributed by atoms with E-state index in [4.69, 9.17) is 0 Å². The molecule has 0 saturated carbocycles. The van der Waals surface area contributed by atoms with Crippen molar-refractivity contribution in [1.82, 2.24) is 5.32 Å². The van der Waals surface area contributed by atoms with Crippen LogP contribution in [0.2, 0.25) is 0 Å². The minimum atomic E-state index is -0.251. The third kappa shape index (κ3) is 5.66. The maximum atomic E-state index is 9.74. The molecule has 1 unspecified atom stereocenters. The maximum Gasteiger partial charge on any atom is 0.0667 e. The van der Waals surface area contributed by atoms with E-state index in [1.165, 1.54) is 11.1 Å². The molecular weight excluding hydrogens is 278 g/mol. The zero-order valence-corrected chi connectivity index (χ0v) is 12.4. The number of benzene rings is 1. The van der Waals surface area contributed by atoms with Crippen LogP contribution in [0.3, 0.4) is 0 Å². The fraction of sp³-hybridized carbons (Fsp3) is 0.571. The number of aryl methyl sites for hydroxylation is 1. The monoisotopic (exact) mass is 299 g/mol. The zero-order chi connectivity index (χ0) is 12.8. The average Bonchev–Trinajstić information content (AvgIpc) is 2.20. The highest BCUT2D eigenvalue weighted by atomic mass is 79.9. The van der Waals surface area contributed by atoms with Crippen LogP contribution in [0.15, 0.2) is 22.7 Å². The van der Waals surface area contributed by atoms with Crippen molar-refractivity contribution in [1.29, 1.82) is 0 Å². The number of hydrogen-bond acceptors (Lipinski definition) is 2. The first-order chi connectivity index (χ1) is 7.99. The molecule has 17 heavy (non-hydrogen) atoms.